The Morgan fingerprint density at radius 1 is 1.10 bits per heavy atom. The van der Waals surface area contributed by atoms with Crippen molar-refractivity contribution in [2.24, 2.45) is 0 Å². The fraction of sp³-hybridized carbons (Fsp3) is 0.250. The number of aryl methyl sites for hydroxylation is 1. The summed E-state index contributed by atoms with van der Waals surface area (Å²) in [5.74, 6) is 0. The molecule has 0 bridgehead atoms. The van der Waals surface area contributed by atoms with E-state index in [9.17, 15) is 10.1 Å². The first-order valence-electron chi connectivity index (χ1n) is 6.81. The maximum atomic E-state index is 11.3. The van der Waals surface area contributed by atoms with Crippen LogP contribution in [0.3, 0.4) is 0 Å². The molecular weight excluding hydrogens is 266 g/mol. The molecule has 0 saturated carbocycles. The first-order chi connectivity index (χ1) is 10.0. The number of hydrogen-bond acceptors (Lipinski definition) is 4. The molecular formula is C16H19N3O2. The van der Waals surface area contributed by atoms with Gasteiger partial charge in [0, 0.05) is 13.1 Å². The maximum Gasteiger partial charge on any atom is 0.315 e. The van der Waals surface area contributed by atoms with E-state index in [0.717, 1.165) is 11.1 Å². The number of anilines is 2. The number of nitrogens with one attached hydrogen (secondary N) is 2. The van der Waals surface area contributed by atoms with Crippen LogP contribution >= 0.6 is 0 Å². The molecule has 0 aromatic heterocycles. The maximum absolute atomic E-state index is 11.3. The van der Waals surface area contributed by atoms with Crippen molar-refractivity contribution in [2.75, 3.05) is 17.7 Å². The van der Waals surface area contributed by atoms with Crippen molar-refractivity contribution in [1.82, 2.24) is 0 Å². The van der Waals surface area contributed by atoms with Crippen LogP contribution in [0.1, 0.15) is 24.1 Å². The minimum Gasteiger partial charge on any atom is -0.382 e. The van der Waals surface area contributed by atoms with Crippen LogP contribution in [0.2, 0.25) is 0 Å². The van der Waals surface area contributed by atoms with Crippen LogP contribution in [0, 0.1) is 17.0 Å². The van der Waals surface area contributed by atoms with Crippen molar-refractivity contribution in [3.63, 3.8) is 0 Å². The van der Waals surface area contributed by atoms with Gasteiger partial charge < -0.3 is 10.6 Å². The van der Waals surface area contributed by atoms with Crippen molar-refractivity contribution in [1.29, 1.82) is 0 Å². The Morgan fingerprint density at radius 2 is 1.76 bits per heavy atom. The van der Waals surface area contributed by atoms with Crippen molar-refractivity contribution in [2.45, 2.75) is 19.9 Å². The quantitative estimate of drug-likeness (QED) is 0.640. The lowest BCUT2D eigenvalue weighted by atomic mass is 10.0. The summed E-state index contributed by atoms with van der Waals surface area (Å²) in [6.45, 7) is 4.03. The second-order valence-corrected chi connectivity index (χ2v) is 4.93. The Morgan fingerprint density at radius 3 is 2.38 bits per heavy atom. The zero-order chi connectivity index (χ0) is 15.4. The Kier molecular flexibility index (Phi) is 4.42. The average Bonchev–Trinajstić information content (AvgIpc) is 2.46. The fourth-order valence-corrected chi connectivity index (χ4v) is 2.44. The van der Waals surface area contributed by atoms with Crippen molar-refractivity contribution >= 4 is 17.1 Å². The summed E-state index contributed by atoms with van der Waals surface area (Å²) in [7, 11) is 1.68. The topological polar surface area (TPSA) is 67.2 Å². The molecule has 5 nitrogen and oxygen atoms in total. The summed E-state index contributed by atoms with van der Waals surface area (Å²) in [6.07, 6.45) is 0. The Balaban J connectivity index is 2.36. The normalized spacial score (nSPS) is 11.8. The van der Waals surface area contributed by atoms with Gasteiger partial charge in [0.25, 0.3) is 0 Å². The van der Waals surface area contributed by atoms with Gasteiger partial charge in [-0.15, -0.1) is 0 Å². The summed E-state index contributed by atoms with van der Waals surface area (Å²) in [6, 6.07) is 13.2. The molecule has 0 radical (unpaired) electrons. The van der Waals surface area contributed by atoms with Gasteiger partial charge in [-0.25, -0.2) is 0 Å². The highest BCUT2D eigenvalue weighted by Crippen LogP contribution is 2.34. The molecule has 0 aliphatic heterocycles. The second kappa shape index (κ2) is 6.26. The van der Waals surface area contributed by atoms with Crippen molar-refractivity contribution in [3.05, 3.63) is 63.7 Å². The van der Waals surface area contributed by atoms with E-state index in [1.165, 1.54) is 0 Å². The predicted octanol–water partition coefficient (Wildman–Crippen LogP) is 4.12. The SMILES string of the molecule is CNc1cccc(NC(C)c2ccccc2C)c1[N+](=O)[O-]. The van der Waals surface area contributed by atoms with E-state index in [2.05, 4.69) is 10.6 Å². The van der Waals surface area contributed by atoms with E-state index in [-0.39, 0.29) is 16.7 Å². The largest absolute Gasteiger partial charge is 0.382 e. The van der Waals surface area contributed by atoms with Crippen LogP contribution in [0.5, 0.6) is 0 Å². The molecule has 0 heterocycles. The van der Waals surface area contributed by atoms with Crippen LogP contribution < -0.4 is 10.6 Å². The zero-order valence-electron chi connectivity index (χ0n) is 12.4. The third-order valence-corrected chi connectivity index (χ3v) is 3.51. The summed E-state index contributed by atoms with van der Waals surface area (Å²) in [5, 5.41) is 17.4. The number of benzene rings is 2. The molecule has 110 valence electrons. The van der Waals surface area contributed by atoms with Gasteiger partial charge in [-0.3, -0.25) is 10.1 Å². The fourth-order valence-electron chi connectivity index (χ4n) is 2.44. The van der Waals surface area contributed by atoms with Gasteiger partial charge in [-0.2, -0.15) is 0 Å². The monoisotopic (exact) mass is 285 g/mol. The third-order valence-electron chi connectivity index (χ3n) is 3.51. The molecule has 2 rings (SSSR count). The summed E-state index contributed by atoms with van der Waals surface area (Å²) in [5.41, 5.74) is 3.37. The van der Waals surface area contributed by atoms with E-state index in [4.69, 9.17) is 0 Å². The molecule has 1 unspecified atom stereocenters. The van der Waals surface area contributed by atoms with Gasteiger partial charge in [0.1, 0.15) is 11.4 Å². The molecule has 0 aliphatic carbocycles. The second-order valence-electron chi connectivity index (χ2n) is 4.93. The van der Waals surface area contributed by atoms with Crippen LogP contribution in [0.15, 0.2) is 42.5 Å². The van der Waals surface area contributed by atoms with Crippen molar-refractivity contribution in [3.8, 4) is 0 Å². The lowest BCUT2D eigenvalue weighted by Gasteiger charge is -2.18. The van der Waals surface area contributed by atoms with E-state index in [1.807, 2.05) is 38.1 Å². The van der Waals surface area contributed by atoms with Gasteiger partial charge >= 0.3 is 5.69 Å². The highest BCUT2D eigenvalue weighted by molar-refractivity contribution is 5.76. The number of hydrogen-bond donors (Lipinski definition) is 2. The molecule has 2 aromatic rings. The smallest absolute Gasteiger partial charge is 0.315 e. The summed E-state index contributed by atoms with van der Waals surface area (Å²) < 4.78 is 0. The summed E-state index contributed by atoms with van der Waals surface area (Å²) in [4.78, 5) is 10.9. The standard InChI is InChI=1S/C16H19N3O2/c1-11-7-4-5-8-13(11)12(2)18-15-10-6-9-14(17-3)16(15)19(20)21/h4-10,12,17-18H,1-3H3. The number of nitro benzene ring substituents is 1. The van der Waals surface area contributed by atoms with Gasteiger partial charge in [0.15, 0.2) is 0 Å². The predicted molar refractivity (Wildman–Crippen MR) is 85.9 cm³/mol. The molecule has 21 heavy (non-hydrogen) atoms. The Hall–Kier alpha value is -2.56. The first-order valence-corrected chi connectivity index (χ1v) is 6.81. The van der Waals surface area contributed by atoms with Crippen LogP contribution in [0.4, 0.5) is 17.1 Å². The van der Waals surface area contributed by atoms with Crippen LogP contribution in [-0.2, 0) is 0 Å². The minimum atomic E-state index is -0.362. The molecule has 1 atom stereocenters. The highest BCUT2D eigenvalue weighted by Gasteiger charge is 2.20. The molecule has 0 saturated heterocycles. The van der Waals surface area contributed by atoms with Gasteiger partial charge in [-0.1, -0.05) is 30.3 Å². The molecule has 0 spiro atoms. The molecule has 0 amide bonds. The molecule has 0 aliphatic rings. The number of para-hydroxylation sites is 1. The highest BCUT2D eigenvalue weighted by atomic mass is 16.6. The number of nitro groups is 1. The minimum absolute atomic E-state index is 0.0167. The molecule has 5 heteroatoms. The van der Waals surface area contributed by atoms with Crippen molar-refractivity contribution < 1.29 is 4.92 Å². The number of rotatable bonds is 5. The number of nitrogens with zero attached hydrogens (tertiary/aromatic N) is 1. The van der Waals surface area contributed by atoms with E-state index in [0.29, 0.717) is 11.4 Å². The molecule has 2 N–H and O–H groups in total. The Labute approximate surface area is 124 Å². The zero-order valence-corrected chi connectivity index (χ0v) is 12.4. The Bertz CT molecular complexity index is 656. The van der Waals surface area contributed by atoms with Gasteiger partial charge in [-0.05, 0) is 37.1 Å². The third kappa shape index (κ3) is 3.13. The first kappa shape index (κ1) is 14.8. The lowest BCUT2D eigenvalue weighted by molar-refractivity contribution is -0.383. The average molecular weight is 285 g/mol. The molecule has 0 fully saturated rings. The van der Waals surface area contributed by atoms with E-state index < -0.39 is 0 Å². The van der Waals surface area contributed by atoms with E-state index in [1.54, 1.807) is 25.2 Å². The summed E-state index contributed by atoms with van der Waals surface area (Å²) >= 11 is 0. The van der Waals surface area contributed by atoms with Gasteiger partial charge in [0.2, 0.25) is 0 Å². The van der Waals surface area contributed by atoms with E-state index >= 15 is 0 Å². The van der Waals surface area contributed by atoms with Gasteiger partial charge in [0.05, 0.1) is 4.92 Å². The molecule has 2 aromatic carbocycles. The van der Waals surface area contributed by atoms with Crippen LogP contribution in [-0.4, -0.2) is 12.0 Å². The van der Waals surface area contributed by atoms with Crippen LogP contribution in [0.25, 0.3) is 0 Å². The lowest BCUT2D eigenvalue weighted by Crippen LogP contribution is -2.10.